The second kappa shape index (κ2) is 5.47. The Balaban J connectivity index is 1.98. The first-order valence-corrected chi connectivity index (χ1v) is 8.14. The van der Waals surface area contributed by atoms with Crippen LogP contribution in [0.4, 0.5) is 0 Å². The van der Waals surface area contributed by atoms with Gasteiger partial charge in [-0.2, -0.15) is 0 Å². The number of rotatable bonds is 2. The van der Waals surface area contributed by atoms with Crippen molar-refractivity contribution in [2.45, 2.75) is 17.7 Å². The molecule has 2 aromatic rings. The van der Waals surface area contributed by atoms with Crippen LogP contribution in [0, 0.1) is 0 Å². The van der Waals surface area contributed by atoms with Crippen molar-refractivity contribution < 1.29 is 4.79 Å². The monoisotopic (exact) mass is 335 g/mol. The second-order valence-corrected chi connectivity index (χ2v) is 6.55. The molecule has 0 bridgehead atoms. The van der Waals surface area contributed by atoms with Crippen molar-refractivity contribution >= 4 is 33.2 Å². The summed E-state index contributed by atoms with van der Waals surface area (Å²) in [6, 6.07) is 10.4. The summed E-state index contributed by atoms with van der Waals surface area (Å²) < 4.78 is 0. The van der Waals surface area contributed by atoms with Gasteiger partial charge in [0.2, 0.25) is 0 Å². The van der Waals surface area contributed by atoms with Crippen LogP contribution in [-0.2, 0) is 6.42 Å². The van der Waals surface area contributed by atoms with E-state index in [0.717, 1.165) is 36.1 Å². The zero-order valence-electron chi connectivity index (χ0n) is 10.4. The molecule has 0 radical (unpaired) electrons. The molecule has 3 rings (SSSR count). The van der Waals surface area contributed by atoms with Crippen LogP contribution in [0.1, 0.15) is 37.6 Å². The first-order valence-electron chi connectivity index (χ1n) is 6.34. The van der Waals surface area contributed by atoms with E-state index in [1.54, 1.807) is 11.3 Å². The third-order valence-corrected chi connectivity index (χ3v) is 5.63. The average Bonchev–Trinajstić information content (AvgIpc) is 2.90. The number of benzene rings is 1. The largest absolute Gasteiger partial charge is 0.352 e. The molecule has 98 valence electrons. The minimum absolute atomic E-state index is 0.0558. The van der Waals surface area contributed by atoms with E-state index in [4.69, 9.17) is 0 Å². The number of hydrogen-bond donors (Lipinski definition) is 1. The maximum atomic E-state index is 12.0. The third-order valence-electron chi connectivity index (χ3n) is 3.37. The number of carbonyl (C=O) groups is 1. The van der Waals surface area contributed by atoms with Crippen molar-refractivity contribution in [3.8, 4) is 0 Å². The number of amides is 1. The first-order chi connectivity index (χ1) is 9.25. The molecule has 19 heavy (non-hydrogen) atoms. The zero-order chi connectivity index (χ0) is 13.2. The van der Waals surface area contributed by atoms with Gasteiger partial charge in [0.1, 0.15) is 0 Å². The maximum Gasteiger partial charge on any atom is 0.251 e. The van der Waals surface area contributed by atoms with Crippen LogP contribution in [0.2, 0.25) is 0 Å². The molecule has 0 aliphatic carbocycles. The average molecular weight is 336 g/mol. The SMILES string of the molecule is O=C1NCCCc2ccc(C(Br)c3cccs3)cc21. The van der Waals surface area contributed by atoms with Gasteiger partial charge in [-0.1, -0.05) is 34.1 Å². The summed E-state index contributed by atoms with van der Waals surface area (Å²) in [5.74, 6) is 0.0558. The van der Waals surface area contributed by atoms with Gasteiger partial charge in [-0.25, -0.2) is 0 Å². The summed E-state index contributed by atoms with van der Waals surface area (Å²) >= 11 is 5.44. The fourth-order valence-electron chi connectivity index (χ4n) is 2.36. The van der Waals surface area contributed by atoms with E-state index in [-0.39, 0.29) is 10.7 Å². The predicted octanol–water partition coefficient (Wildman–Crippen LogP) is 3.91. The number of fused-ring (bicyclic) bond motifs is 1. The van der Waals surface area contributed by atoms with E-state index in [2.05, 4.69) is 44.8 Å². The Morgan fingerprint density at radius 2 is 2.21 bits per heavy atom. The van der Waals surface area contributed by atoms with Gasteiger partial charge in [0, 0.05) is 17.0 Å². The summed E-state index contributed by atoms with van der Waals surface area (Å²) in [5.41, 5.74) is 3.12. The topological polar surface area (TPSA) is 29.1 Å². The lowest BCUT2D eigenvalue weighted by atomic mass is 9.99. The minimum Gasteiger partial charge on any atom is -0.352 e. The lowest BCUT2D eigenvalue weighted by Crippen LogP contribution is -2.22. The Hall–Kier alpha value is -1.13. The van der Waals surface area contributed by atoms with Gasteiger partial charge in [0.25, 0.3) is 5.91 Å². The van der Waals surface area contributed by atoms with Crippen LogP contribution < -0.4 is 5.32 Å². The van der Waals surface area contributed by atoms with E-state index >= 15 is 0 Å². The molecule has 1 atom stereocenters. The van der Waals surface area contributed by atoms with E-state index < -0.39 is 0 Å². The molecule has 0 fully saturated rings. The van der Waals surface area contributed by atoms with Gasteiger partial charge in [0.15, 0.2) is 0 Å². The highest BCUT2D eigenvalue weighted by Gasteiger charge is 2.18. The van der Waals surface area contributed by atoms with Crippen LogP contribution in [0.5, 0.6) is 0 Å². The van der Waals surface area contributed by atoms with E-state index in [1.165, 1.54) is 4.88 Å². The number of halogens is 1. The fraction of sp³-hybridized carbons (Fsp3) is 0.267. The normalized spacial score (nSPS) is 16.4. The number of nitrogens with one attached hydrogen (secondary N) is 1. The van der Waals surface area contributed by atoms with Crippen LogP contribution >= 0.6 is 27.3 Å². The summed E-state index contributed by atoms with van der Waals surface area (Å²) in [7, 11) is 0. The highest BCUT2D eigenvalue weighted by molar-refractivity contribution is 9.09. The molecule has 0 saturated carbocycles. The number of hydrogen-bond acceptors (Lipinski definition) is 2. The maximum absolute atomic E-state index is 12.0. The van der Waals surface area contributed by atoms with Crippen LogP contribution in [-0.4, -0.2) is 12.5 Å². The van der Waals surface area contributed by atoms with Crippen molar-refractivity contribution in [2.75, 3.05) is 6.54 Å². The standard InChI is InChI=1S/C15H14BrNOS/c16-14(13-4-2-8-19-13)11-6-5-10-3-1-7-17-15(18)12(10)9-11/h2,4-6,8-9,14H,1,3,7H2,(H,17,18). The molecule has 1 aliphatic heterocycles. The highest BCUT2D eigenvalue weighted by atomic mass is 79.9. The molecule has 0 saturated heterocycles. The van der Waals surface area contributed by atoms with Gasteiger partial charge < -0.3 is 5.32 Å². The van der Waals surface area contributed by atoms with Crippen molar-refractivity contribution in [1.29, 1.82) is 0 Å². The summed E-state index contributed by atoms with van der Waals surface area (Å²) in [5, 5.41) is 5.02. The summed E-state index contributed by atoms with van der Waals surface area (Å²) in [6.07, 6.45) is 1.99. The third kappa shape index (κ3) is 2.60. The Labute approximate surface area is 125 Å². The molecule has 1 amide bonds. The van der Waals surface area contributed by atoms with Crippen LogP contribution in [0.25, 0.3) is 0 Å². The predicted molar refractivity (Wildman–Crippen MR) is 82.2 cm³/mol. The van der Waals surface area contributed by atoms with E-state index in [9.17, 15) is 4.79 Å². The van der Waals surface area contributed by atoms with E-state index in [1.807, 2.05) is 12.1 Å². The smallest absolute Gasteiger partial charge is 0.251 e. The molecule has 1 unspecified atom stereocenters. The fourth-order valence-corrected chi connectivity index (χ4v) is 3.84. The van der Waals surface area contributed by atoms with Gasteiger partial charge >= 0.3 is 0 Å². The molecule has 1 aliphatic rings. The minimum atomic E-state index is 0.0558. The van der Waals surface area contributed by atoms with Crippen molar-refractivity contribution in [3.05, 3.63) is 57.3 Å². The molecule has 4 heteroatoms. The number of thiophene rings is 1. The second-order valence-electron chi connectivity index (χ2n) is 4.65. The van der Waals surface area contributed by atoms with Gasteiger partial charge in [-0.05, 0) is 41.5 Å². The quantitative estimate of drug-likeness (QED) is 0.828. The van der Waals surface area contributed by atoms with E-state index in [0.29, 0.717) is 0 Å². The lowest BCUT2D eigenvalue weighted by molar-refractivity contribution is 0.0956. The van der Waals surface area contributed by atoms with Crippen molar-refractivity contribution in [2.24, 2.45) is 0 Å². The zero-order valence-corrected chi connectivity index (χ0v) is 12.8. The molecule has 1 aromatic carbocycles. The van der Waals surface area contributed by atoms with Crippen LogP contribution in [0.15, 0.2) is 35.7 Å². The molecule has 1 aromatic heterocycles. The first kappa shape index (κ1) is 12.9. The lowest BCUT2D eigenvalue weighted by Gasteiger charge is -2.12. The molecule has 2 heterocycles. The molecule has 2 nitrogen and oxygen atoms in total. The van der Waals surface area contributed by atoms with Gasteiger partial charge in [-0.3, -0.25) is 4.79 Å². The Bertz CT molecular complexity index is 594. The number of alkyl halides is 1. The van der Waals surface area contributed by atoms with Crippen LogP contribution in [0.3, 0.4) is 0 Å². The molecule has 0 spiro atoms. The molecular weight excluding hydrogens is 322 g/mol. The van der Waals surface area contributed by atoms with Gasteiger partial charge in [-0.15, -0.1) is 11.3 Å². The Morgan fingerprint density at radius 3 is 3.00 bits per heavy atom. The molecular formula is C15H14BrNOS. The summed E-state index contributed by atoms with van der Waals surface area (Å²) in [4.78, 5) is 13.5. The Morgan fingerprint density at radius 1 is 1.32 bits per heavy atom. The van der Waals surface area contributed by atoms with Crippen molar-refractivity contribution in [3.63, 3.8) is 0 Å². The summed E-state index contributed by atoms with van der Waals surface area (Å²) in [6.45, 7) is 0.769. The number of carbonyl (C=O) groups excluding carboxylic acids is 1. The molecule has 1 N–H and O–H groups in total. The number of aryl methyl sites for hydroxylation is 1. The van der Waals surface area contributed by atoms with Crippen molar-refractivity contribution in [1.82, 2.24) is 5.32 Å². The Kier molecular flexibility index (Phi) is 3.71. The van der Waals surface area contributed by atoms with Gasteiger partial charge in [0.05, 0.1) is 4.83 Å². The highest BCUT2D eigenvalue weighted by Crippen LogP contribution is 2.34.